The number of nitrogens with one attached hydrogen (secondary N) is 1. The van der Waals surface area contributed by atoms with E-state index in [2.05, 4.69) is 10.4 Å². The number of carbonyl (C=O) groups excluding carboxylic acids is 2. The molecule has 1 N–H and O–H groups in total. The minimum atomic E-state index is -0.348. The van der Waals surface area contributed by atoms with Gasteiger partial charge in [-0.2, -0.15) is 5.10 Å². The van der Waals surface area contributed by atoms with Gasteiger partial charge in [0.1, 0.15) is 0 Å². The van der Waals surface area contributed by atoms with Crippen LogP contribution < -0.4 is 5.32 Å². The Morgan fingerprint density at radius 3 is 2.94 bits per heavy atom. The normalized spacial score (nSPS) is 25.3. The summed E-state index contributed by atoms with van der Waals surface area (Å²) < 4.78 is 1.78. The van der Waals surface area contributed by atoms with Crippen molar-refractivity contribution in [2.75, 3.05) is 6.54 Å². The summed E-state index contributed by atoms with van der Waals surface area (Å²) in [6.07, 6.45) is 3.92. The van der Waals surface area contributed by atoms with Crippen LogP contribution in [0.4, 0.5) is 0 Å². The summed E-state index contributed by atoms with van der Waals surface area (Å²) in [6.45, 7) is 0.710. The van der Waals surface area contributed by atoms with E-state index >= 15 is 0 Å². The van der Waals surface area contributed by atoms with Crippen LogP contribution in [-0.2, 0) is 16.6 Å². The van der Waals surface area contributed by atoms with Gasteiger partial charge >= 0.3 is 0 Å². The largest absolute Gasteiger partial charge is 0.306 e. The number of nitrogens with zero attached hydrogens (tertiary/aromatic N) is 2. The third kappa shape index (κ3) is 2.19. The summed E-state index contributed by atoms with van der Waals surface area (Å²) in [6, 6.07) is 1.70. The molecule has 2 heterocycles. The summed E-state index contributed by atoms with van der Waals surface area (Å²) in [5.41, 5.74) is 1.05. The molecule has 1 aliphatic rings. The van der Waals surface area contributed by atoms with E-state index in [1.165, 1.54) is 0 Å². The van der Waals surface area contributed by atoms with Crippen LogP contribution in [0.15, 0.2) is 12.3 Å². The van der Waals surface area contributed by atoms with Gasteiger partial charge in [0.05, 0.1) is 11.7 Å². The summed E-state index contributed by atoms with van der Waals surface area (Å²) in [7, 11) is 1.89. The molecule has 1 saturated heterocycles. The van der Waals surface area contributed by atoms with Crippen molar-refractivity contribution in [1.82, 2.24) is 15.1 Å². The fourth-order valence-corrected chi connectivity index (χ4v) is 2.08. The number of rotatable bonds is 3. The number of hydrogen-bond donors (Lipinski definition) is 1. The molecule has 5 nitrogen and oxygen atoms in total. The maximum atomic E-state index is 11.2. The van der Waals surface area contributed by atoms with Crippen molar-refractivity contribution >= 4 is 12.1 Å². The minimum absolute atomic E-state index is 0.294. The van der Waals surface area contributed by atoms with E-state index in [0.717, 1.165) is 12.1 Å². The molecule has 1 aromatic rings. The van der Waals surface area contributed by atoms with Crippen molar-refractivity contribution in [2.24, 2.45) is 7.05 Å². The Morgan fingerprint density at radius 2 is 2.44 bits per heavy atom. The average Bonchev–Trinajstić information content (AvgIpc) is 2.75. The van der Waals surface area contributed by atoms with Crippen LogP contribution in [0.3, 0.4) is 0 Å². The van der Waals surface area contributed by atoms with E-state index in [1.54, 1.807) is 4.68 Å². The Labute approximate surface area is 93.8 Å². The zero-order chi connectivity index (χ0) is 11.5. The standard InChI is InChI=1S/C11H15N3O2/c1-14-5-4-9(13-14)8-2-3-10(12-6-8)11(16)7-15/h4-5,7-8,10,12H,2-3,6H2,1H3. The Balaban J connectivity index is 1.95. The number of aryl methyl sites for hydroxylation is 1. The molecule has 1 fully saturated rings. The second kappa shape index (κ2) is 4.57. The molecule has 2 rings (SSSR count). The van der Waals surface area contributed by atoms with E-state index in [4.69, 9.17) is 0 Å². The number of Topliss-reactive ketones (excluding diaryl/α,β-unsaturated/α-hetero) is 1. The second-order valence-electron chi connectivity index (χ2n) is 4.17. The van der Waals surface area contributed by atoms with E-state index in [1.807, 2.05) is 19.3 Å². The number of carbonyl (C=O) groups is 2. The third-order valence-electron chi connectivity index (χ3n) is 3.03. The Kier molecular flexibility index (Phi) is 3.14. The molecule has 86 valence electrons. The summed E-state index contributed by atoms with van der Waals surface area (Å²) >= 11 is 0. The molecule has 2 unspecified atom stereocenters. The molecule has 0 bridgehead atoms. The van der Waals surface area contributed by atoms with Crippen molar-refractivity contribution < 1.29 is 9.59 Å². The molecule has 0 radical (unpaired) electrons. The topological polar surface area (TPSA) is 64.0 Å². The number of piperidine rings is 1. The first kappa shape index (κ1) is 11.0. The van der Waals surface area contributed by atoms with Gasteiger partial charge in [-0.1, -0.05) is 0 Å². The molecule has 1 aliphatic heterocycles. The molecule has 0 spiro atoms. The van der Waals surface area contributed by atoms with Crippen LogP contribution >= 0.6 is 0 Å². The van der Waals surface area contributed by atoms with Gasteiger partial charge in [-0.3, -0.25) is 14.3 Å². The second-order valence-corrected chi connectivity index (χ2v) is 4.17. The number of ketones is 1. The van der Waals surface area contributed by atoms with Crippen LogP contribution in [0.2, 0.25) is 0 Å². The van der Waals surface area contributed by atoms with Crippen molar-refractivity contribution in [1.29, 1.82) is 0 Å². The van der Waals surface area contributed by atoms with Crippen molar-refractivity contribution in [3.63, 3.8) is 0 Å². The molecule has 0 aliphatic carbocycles. The summed E-state index contributed by atoms with van der Waals surface area (Å²) in [5, 5.41) is 7.44. The zero-order valence-corrected chi connectivity index (χ0v) is 9.22. The molecular weight excluding hydrogens is 206 g/mol. The van der Waals surface area contributed by atoms with Crippen molar-refractivity contribution in [2.45, 2.75) is 24.8 Å². The predicted octanol–water partition coefficient (Wildman–Crippen LogP) is 0.0237. The lowest BCUT2D eigenvalue weighted by Gasteiger charge is -2.26. The highest BCUT2D eigenvalue weighted by Crippen LogP contribution is 2.23. The SMILES string of the molecule is Cn1ccc(C2CCC(C(=O)C=O)NC2)n1. The molecule has 2 atom stereocenters. The highest BCUT2D eigenvalue weighted by Gasteiger charge is 2.26. The fraction of sp³-hybridized carbons (Fsp3) is 0.545. The van der Waals surface area contributed by atoms with E-state index < -0.39 is 0 Å². The molecule has 1 aromatic heterocycles. The third-order valence-corrected chi connectivity index (χ3v) is 3.03. The van der Waals surface area contributed by atoms with Crippen molar-refractivity contribution in [3.8, 4) is 0 Å². The molecule has 5 heteroatoms. The Bertz CT molecular complexity index is 392. The van der Waals surface area contributed by atoms with Gasteiger partial charge in [0.15, 0.2) is 6.29 Å². The molecular formula is C11H15N3O2. The summed E-state index contributed by atoms with van der Waals surface area (Å²) in [4.78, 5) is 21.5. The maximum absolute atomic E-state index is 11.2. The lowest BCUT2D eigenvalue weighted by atomic mass is 9.91. The van der Waals surface area contributed by atoms with Crippen LogP contribution in [0.1, 0.15) is 24.5 Å². The van der Waals surface area contributed by atoms with E-state index in [-0.39, 0.29) is 11.8 Å². The average molecular weight is 221 g/mol. The first-order valence-electron chi connectivity index (χ1n) is 5.42. The van der Waals surface area contributed by atoms with Crippen LogP contribution in [0.25, 0.3) is 0 Å². The quantitative estimate of drug-likeness (QED) is 0.577. The van der Waals surface area contributed by atoms with Gasteiger partial charge in [0.2, 0.25) is 5.78 Å². The number of hydrogen-bond acceptors (Lipinski definition) is 4. The van der Waals surface area contributed by atoms with Gasteiger partial charge in [-0.05, 0) is 18.9 Å². The van der Waals surface area contributed by atoms with Crippen LogP contribution in [0.5, 0.6) is 0 Å². The van der Waals surface area contributed by atoms with Gasteiger partial charge < -0.3 is 5.32 Å². The van der Waals surface area contributed by atoms with Gasteiger partial charge in [-0.25, -0.2) is 0 Å². The first-order chi connectivity index (χ1) is 7.70. The molecule has 0 saturated carbocycles. The number of aromatic nitrogens is 2. The van der Waals surface area contributed by atoms with E-state index in [0.29, 0.717) is 25.2 Å². The Hall–Kier alpha value is -1.49. The highest BCUT2D eigenvalue weighted by atomic mass is 16.2. The summed E-state index contributed by atoms with van der Waals surface area (Å²) in [5.74, 6) is -0.00336. The van der Waals surface area contributed by atoms with E-state index in [9.17, 15) is 9.59 Å². The smallest absolute Gasteiger partial charge is 0.212 e. The maximum Gasteiger partial charge on any atom is 0.212 e. The predicted molar refractivity (Wildman–Crippen MR) is 58.0 cm³/mol. The molecule has 0 amide bonds. The molecule has 16 heavy (non-hydrogen) atoms. The minimum Gasteiger partial charge on any atom is -0.306 e. The lowest BCUT2D eigenvalue weighted by molar-refractivity contribution is -0.131. The monoisotopic (exact) mass is 221 g/mol. The lowest BCUT2D eigenvalue weighted by Crippen LogP contribution is -2.43. The Morgan fingerprint density at radius 1 is 1.62 bits per heavy atom. The first-order valence-corrected chi connectivity index (χ1v) is 5.42. The van der Waals surface area contributed by atoms with Crippen LogP contribution in [-0.4, -0.2) is 34.4 Å². The van der Waals surface area contributed by atoms with Crippen LogP contribution in [0, 0.1) is 0 Å². The zero-order valence-electron chi connectivity index (χ0n) is 9.22. The number of aldehydes is 1. The fourth-order valence-electron chi connectivity index (χ4n) is 2.08. The van der Waals surface area contributed by atoms with Gasteiger partial charge in [0, 0.05) is 25.7 Å². The molecule has 0 aromatic carbocycles. The van der Waals surface area contributed by atoms with Crippen molar-refractivity contribution in [3.05, 3.63) is 18.0 Å². The van der Waals surface area contributed by atoms with Gasteiger partial charge in [0.25, 0.3) is 0 Å². The highest BCUT2D eigenvalue weighted by molar-refractivity contribution is 6.27. The van der Waals surface area contributed by atoms with Gasteiger partial charge in [-0.15, -0.1) is 0 Å².